The molecule has 0 radical (unpaired) electrons. The van der Waals surface area contributed by atoms with Gasteiger partial charge >= 0.3 is 6.09 Å². The zero-order valence-electron chi connectivity index (χ0n) is 10.1. The third kappa shape index (κ3) is 3.88. The summed E-state index contributed by atoms with van der Waals surface area (Å²) < 4.78 is 5.07. The first-order valence-electron chi connectivity index (χ1n) is 5.24. The van der Waals surface area contributed by atoms with Crippen LogP contribution in [0.2, 0.25) is 0 Å². The maximum atomic E-state index is 11.5. The monoisotopic (exact) mass is 226 g/mol. The molecule has 16 heavy (non-hydrogen) atoms. The second-order valence-electron chi connectivity index (χ2n) is 4.16. The second kappa shape index (κ2) is 5.48. The van der Waals surface area contributed by atoms with Gasteiger partial charge in [0.15, 0.2) is 5.82 Å². The van der Waals surface area contributed by atoms with Crippen LogP contribution in [0.1, 0.15) is 25.5 Å². The fourth-order valence-corrected chi connectivity index (χ4v) is 1.08. The Morgan fingerprint density at radius 2 is 2.25 bits per heavy atom. The molecule has 0 bridgehead atoms. The van der Waals surface area contributed by atoms with E-state index >= 15 is 0 Å². The fraction of sp³-hybridized carbons (Fsp3) is 0.700. The molecule has 0 aliphatic heterocycles. The van der Waals surface area contributed by atoms with Crippen LogP contribution >= 0.6 is 0 Å². The number of hydrogen-bond acceptors (Lipinski definition) is 4. The summed E-state index contributed by atoms with van der Waals surface area (Å²) in [4.78, 5) is 17.1. The van der Waals surface area contributed by atoms with Crippen LogP contribution in [0.5, 0.6) is 0 Å². The maximum Gasteiger partial charge on any atom is 0.409 e. The lowest BCUT2D eigenvalue weighted by molar-refractivity contribution is 0.0973. The van der Waals surface area contributed by atoms with Gasteiger partial charge in [0, 0.05) is 7.05 Å². The summed E-state index contributed by atoms with van der Waals surface area (Å²) in [6.45, 7) is 6.57. The first kappa shape index (κ1) is 12.5. The van der Waals surface area contributed by atoms with Gasteiger partial charge in [0.25, 0.3) is 0 Å². The van der Waals surface area contributed by atoms with E-state index in [1.807, 2.05) is 20.8 Å². The molecule has 0 spiro atoms. The van der Waals surface area contributed by atoms with Crippen molar-refractivity contribution < 1.29 is 9.53 Å². The van der Waals surface area contributed by atoms with Crippen molar-refractivity contribution in [2.75, 3.05) is 13.7 Å². The van der Waals surface area contributed by atoms with E-state index in [4.69, 9.17) is 4.74 Å². The minimum atomic E-state index is -0.351. The van der Waals surface area contributed by atoms with Crippen LogP contribution in [0.3, 0.4) is 0 Å². The Kier molecular flexibility index (Phi) is 4.28. The van der Waals surface area contributed by atoms with Gasteiger partial charge in [-0.25, -0.2) is 9.78 Å². The molecule has 1 N–H and O–H groups in total. The molecule has 0 aliphatic carbocycles. The number of aryl methyl sites for hydroxylation is 1. The molecular formula is C10H18N4O2. The number of aromatic nitrogens is 3. The average molecular weight is 226 g/mol. The van der Waals surface area contributed by atoms with Gasteiger partial charge in [-0.2, -0.15) is 5.10 Å². The molecule has 0 saturated heterocycles. The van der Waals surface area contributed by atoms with Crippen molar-refractivity contribution in [2.45, 2.75) is 27.3 Å². The molecule has 1 aromatic rings. The molecule has 1 heterocycles. The lowest BCUT2D eigenvalue weighted by Crippen LogP contribution is -2.28. The Hall–Kier alpha value is -1.59. The first-order valence-corrected chi connectivity index (χ1v) is 5.24. The van der Waals surface area contributed by atoms with E-state index in [0.29, 0.717) is 24.9 Å². The lowest BCUT2D eigenvalue weighted by atomic mass is 10.2. The summed E-state index contributed by atoms with van der Waals surface area (Å²) in [5, 5.41) is 6.67. The Morgan fingerprint density at radius 1 is 1.56 bits per heavy atom. The molecule has 6 heteroatoms. The number of H-pyrrole nitrogens is 1. The summed E-state index contributed by atoms with van der Waals surface area (Å²) in [6.07, 6.45) is -0.351. The predicted octanol–water partition coefficient (Wildman–Crippen LogP) is 1.34. The average Bonchev–Trinajstić information content (AvgIpc) is 2.60. The molecule has 90 valence electrons. The van der Waals surface area contributed by atoms with E-state index in [1.54, 1.807) is 7.05 Å². The van der Waals surface area contributed by atoms with Crippen LogP contribution in [0.4, 0.5) is 4.79 Å². The maximum absolute atomic E-state index is 11.5. The summed E-state index contributed by atoms with van der Waals surface area (Å²) >= 11 is 0. The molecular weight excluding hydrogens is 208 g/mol. The smallest absolute Gasteiger partial charge is 0.409 e. The normalized spacial score (nSPS) is 10.6. The first-order chi connectivity index (χ1) is 7.49. The lowest BCUT2D eigenvalue weighted by Gasteiger charge is -2.16. The van der Waals surface area contributed by atoms with E-state index in [-0.39, 0.29) is 6.09 Å². The summed E-state index contributed by atoms with van der Waals surface area (Å²) in [5.41, 5.74) is 0. The van der Waals surface area contributed by atoms with Crippen LogP contribution in [0.15, 0.2) is 0 Å². The molecule has 6 nitrogen and oxygen atoms in total. The number of nitrogens with one attached hydrogen (secondary N) is 1. The summed E-state index contributed by atoms with van der Waals surface area (Å²) in [5.74, 6) is 1.66. The van der Waals surface area contributed by atoms with Crippen LogP contribution in [0.25, 0.3) is 0 Å². The van der Waals surface area contributed by atoms with E-state index < -0.39 is 0 Å². The van der Waals surface area contributed by atoms with Crippen LogP contribution < -0.4 is 0 Å². The fourth-order valence-electron chi connectivity index (χ4n) is 1.08. The van der Waals surface area contributed by atoms with Crippen molar-refractivity contribution in [1.82, 2.24) is 20.1 Å². The van der Waals surface area contributed by atoms with Crippen molar-refractivity contribution in [3.05, 3.63) is 11.6 Å². The zero-order chi connectivity index (χ0) is 12.1. The molecule has 0 unspecified atom stereocenters. The zero-order valence-corrected chi connectivity index (χ0v) is 10.1. The van der Waals surface area contributed by atoms with E-state index in [9.17, 15) is 4.79 Å². The van der Waals surface area contributed by atoms with Crippen LogP contribution in [-0.2, 0) is 11.3 Å². The van der Waals surface area contributed by atoms with Gasteiger partial charge in [-0.1, -0.05) is 13.8 Å². The molecule has 1 aromatic heterocycles. The summed E-state index contributed by atoms with van der Waals surface area (Å²) in [7, 11) is 1.66. The van der Waals surface area contributed by atoms with Gasteiger partial charge < -0.3 is 9.64 Å². The standard InChI is InChI=1S/C10H18N4O2/c1-7(2)6-16-10(15)14(4)5-9-11-8(3)12-13-9/h7H,5-6H2,1-4H3,(H,11,12,13). The number of hydrogen-bond donors (Lipinski definition) is 1. The van der Waals surface area contributed by atoms with Crippen LogP contribution in [-0.4, -0.2) is 39.8 Å². The predicted molar refractivity (Wildman–Crippen MR) is 58.8 cm³/mol. The van der Waals surface area contributed by atoms with Crippen molar-refractivity contribution in [2.24, 2.45) is 5.92 Å². The van der Waals surface area contributed by atoms with E-state index in [0.717, 1.165) is 5.82 Å². The van der Waals surface area contributed by atoms with Crippen molar-refractivity contribution in [3.63, 3.8) is 0 Å². The van der Waals surface area contributed by atoms with E-state index in [2.05, 4.69) is 15.2 Å². The number of rotatable bonds is 4. The minimum Gasteiger partial charge on any atom is -0.449 e. The highest BCUT2D eigenvalue weighted by Gasteiger charge is 2.13. The topological polar surface area (TPSA) is 71.1 Å². The number of ether oxygens (including phenoxy) is 1. The molecule has 0 saturated carbocycles. The molecule has 0 fully saturated rings. The van der Waals surface area contributed by atoms with Gasteiger partial charge in [0.2, 0.25) is 0 Å². The molecule has 1 amide bonds. The Balaban J connectivity index is 2.39. The summed E-state index contributed by atoms with van der Waals surface area (Å²) in [6, 6.07) is 0. The Labute approximate surface area is 95.0 Å². The highest BCUT2D eigenvalue weighted by atomic mass is 16.6. The van der Waals surface area contributed by atoms with Crippen molar-refractivity contribution >= 4 is 6.09 Å². The minimum absolute atomic E-state index is 0.336. The second-order valence-corrected chi connectivity index (χ2v) is 4.16. The molecule has 0 aliphatic rings. The number of nitrogens with zero attached hydrogens (tertiary/aromatic N) is 3. The number of carbonyl (C=O) groups is 1. The van der Waals surface area contributed by atoms with Crippen molar-refractivity contribution in [3.8, 4) is 0 Å². The number of aromatic amines is 1. The van der Waals surface area contributed by atoms with Gasteiger partial charge in [-0.3, -0.25) is 5.10 Å². The Morgan fingerprint density at radius 3 is 2.75 bits per heavy atom. The van der Waals surface area contributed by atoms with Gasteiger partial charge in [-0.05, 0) is 12.8 Å². The van der Waals surface area contributed by atoms with E-state index in [1.165, 1.54) is 4.90 Å². The largest absolute Gasteiger partial charge is 0.449 e. The van der Waals surface area contributed by atoms with Crippen LogP contribution in [0, 0.1) is 12.8 Å². The van der Waals surface area contributed by atoms with Gasteiger partial charge in [-0.15, -0.1) is 0 Å². The highest BCUT2D eigenvalue weighted by Crippen LogP contribution is 2.01. The third-order valence-electron chi connectivity index (χ3n) is 1.87. The number of amides is 1. The highest BCUT2D eigenvalue weighted by molar-refractivity contribution is 5.67. The molecule has 1 rings (SSSR count). The SMILES string of the molecule is Cc1nc(CN(C)C(=O)OCC(C)C)n[nH]1. The molecule has 0 aromatic carbocycles. The number of carbonyl (C=O) groups excluding carboxylic acids is 1. The van der Waals surface area contributed by atoms with Gasteiger partial charge in [0.05, 0.1) is 13.2 Å². The quantitative estimate of drug-likeness (QED) is 0.841. The third-order valence-corrected chi connectivity index (χ3v) is 1.87. The van der Waals surface area contributed by atoms with Gasteiger partial charge in [0.1, 0.15) is 5.82 Å². The Bertz CT molecular complexity index is 348. The molecule has 0 atom stereocenters. The van der Waals surface area contributed by atoms with Crippen molar-refractivity contribution in [1.29, 1.82) is 0 Å².